The number of likely N-dealkylation sites (N-methyl/N-ethyl adjacent to an activating group) is 1. The van der Waals surface area contributed by atoms with E-state index in [4.69, 9.17) is 4.74 Å². The summed E-state index contributed by atoms with van der Waals surface area (Å²) in [4.78, 5) is 19.0. The summed E-state index contributed by atoms with van der Waals surface area (Å²) < 4.78 is 6.07. The molecule has 0 N–H and O–H groups in total. The van der Waals surface area contributed by atoms with E-state index in [1.54, 1.807) is 0 Å². The van der Waals surface area contributed by atoms with Crippen molar-refractivity contribution in [1.29, 1.82) is 0 Å². The monoisotopic (exact) mass is 359 g/mol. The molecule has 2 aliphatic rings. The van der Waals surface area contributed by atoms with Crippen LogP contribution in [0.2, 0.25) is 0 Å². The third-order valence-electron chi connectivity index (χ3n) is 6.24. The summed E-state index contributed by atoms with van der Waals surface area (Å²) in [6.45, 7) is 7.84. The number of hydrogen-bond donors (Lipinski definition) is 0. The normalized spacial score (nSPS) is 25.5. The summed E-state index contributed by atoms with van der Waals surface area (Å²) in [5.41, 5.74) is 1.40. The summed E-state index contributed by atoms with van der Waals surface area (Å²) in [5.74, 6) is 1.30. The SMILES string of the molecule is CCc1ccccc1OCCN1CCN(C)[C@@]2(CCC(=O)N(C)CC2)C1. The average molecular weight is 360 g/mol. The average Bonchev–Trinajstić information content (AvgIpc) is 2.80. The fourth-order valence-corrected chi connectivity index (χ4v) is 4.25. The molecule has 3 rings (SSSR count). The van der Waals surface area contributed by atoms with Crippen LogP contribution in [0.3, 0.4) is 0 Å². The van der Waals surface area contributed by atoms with Crippen molar-refractivity contribution in [1.82, 2.24) is 14.7 Å². The minimum Gasteiger partial charge on any atom is -0.492 e. The maximum absolute atomic E-state index is 12.1. The Morgan fingerprint density at radius 3 is 2.73 bits per heavy atom. The number of rotatable bonds is 5. The minimum absolute atomic E-state index is 0.125. The van der Waals surface area contributed by atoms with Crippen LogP contribution < -0.4 is 4.74 Å². The van der Waals surface area contributed by atoms with E-state index in [9.17, 15) is 4.79 Å². The number of nitrogens with zero attached hydrogens (tertiary/aromatic N) is 3. The third kappa shape index (κ3) is 4.21. The second-order valence-electron chi connectivity index (χ2n) is 7.80. The van der Waals surface area contributed by atoms with E-state index >= 15 is 0 Å². The molecule has 0 saturated carbocycles. The van der Waals surface area contributed by atoms with Gasteiger partial charge in [0.05, 0.1) is 0 Å². The highest BCUT2D eigenvalue weighted by Gasteiger charge is 2.41. The summed E-state index contributed by atoms with van der Waals surface area (Å²) in [5, 5.41) is 0. The molecule has 2 fully saturated rings. The number of carbonyl (C=O) groups is 1. The lowest BCUT2D eigenvalue weighted by Crippen LogP contribution is -2.61. The number of piperazine rings is 1. The molecule has 26 heavy (non-hydrogen) atoms. The number of carbonyl (C=O) groups excluding carboxylic acids is 1. The minimum atomic E-state index is 0.125. The largest absolute Gasteiger partial charge is 0.492 e. The van der Waals surface area contributed by atoms with Crippen molar-refractivity contribution in [3.63, 3.8) is 0 Å². The van der Waals surface area contributed by atoms with Gasteiger partial charge in [-0.15, -0.1) is 0 Å². The Hall–Kier alpha value is -1.59. The van der Waals surface area contributed by atoms with Crippen LogP contribution in [-0.4, -0.2) is 79.6 Å². The summed E-state index contributed by atoms with van der Waals surface area (Å²) in [6.07, 6.45) is 3.68. The number of amides is 1. The van der Waals surface area contributed by atoms with Crippen molar-refractivity contribution in [3.05, 3.63) is 29.8 Å². The van der Waals surface area contributed by atoms with Crippen molar-refractivity contribution in [3.8, 4) is 5.75 Å². The highest BCUT2D eigenvalue weighted by molar-refractivity contribution is 5.76. The smallest absolute Gasteiger partial charge is 0.222 e. The van der Waals surface area contributed by atoms with Gasteiger partial charge in [-0.1, -0.05) is 25.1 Å². The second-order valence-corrected chi connectivity index (χ2v) is 7.80. The Morgan fingerprint density at radius 2 is 1.92 bits per heavy atom. The van der Waals surface area contributed by atoms with Gasteiger partial charge >= 0.3 is 0 Å². The molecule has 0 aliphatic carbocycles. The van der Waals surface area contributed by atoms with E-state index < -0.39 is 0 Å². The van der Waals surface area contributed by atoms with Crippen molar-refractivity contribution in [2.24, 2.45) is 0 Å². The molecule has 1 aromatic carbocycles. The van der Waals surface area contributed by atoms with E-state index in [0.717, 1.165) is 64.3 Å². The number of benzene rings is 1. The molecule has 0 bridgehead atoms. The van der Waals surface area contributed by atoms with Crippen LogP contribution in [0.5, 0.6) is 5.75 Å². The molecular formula is C21H33N3O2. The lowest BCUT2D eigenvalue weighted by atomic mass is 9.86. The van der Waals surface area contributed by atoms with Gasteiger partial charge in [0.15, 0.2) is 0 Å². The predicted octanol–water partition coefficient (Wildman–Crippen LogP) is 2.26. The highest BCUT2D eigenvalue weighted by atomic mass is 16.5. The molecule has 2 saturated heterocycles. The van der Waals surface area contributed by atoms with E-state index in [0.29, 0.717) is 6.42 Å². The maximum atomic E-state index is 12.1. The van der Waals surface area contributed by atoms with E-state index in [1.165, 1.54) is 5.56 Å². The quantitative estimate of drug-likeness (QED) is 0.808. The summed E-state index contributed by atoms with van der Waals surface area (Å²) in [7, 11) is 4.15. The Balaban J connectivity index is 1.57. The van der Waals surface area contributed by atoms with Gasteiger partial charge in [-0.2, -0.15) is 0 Å². The molecule has 0 aromatic heterocycles. The molecule has 1 aromatic rings. The zero-order valence-electron chi connectivity index (χ0n) is 16.5. The fourth-order valence-electron chi connectivity index (χ4n) is 4.25. The van der Waals surface area contributed by atoms with Crippen LogP contribution in [0.4, 0.5) is 0 Å². The van der Waals surface area contributed by atoms with Crippen LogP contribution in [0, 0.1) is 0 Å². The topological polar surface area (TPSA) is 36.0 Å². The lowest BCUT2D eigenvalue weighted by molar-refractivity contribution is -0.129. The van der Waals surface area contributed by atoms with E-state index in [-0.39, 0.29) is 11.4 Å². The van der Waals surface area contributed by atoms with Crippen LogP contribution in [0.15, 0.2) is 24.3 Å². The zero-order chi connectivity index (χ0) is 18.6. The number of aryl methyl sites for hydroxylation is 1. The van der Waals surface area contributed by atoms with Crippen molar-refractivity contribution >= 4 is 5.91 Å². The first-order valence-electron chi connectivity index (χ1n) is 9.92. The fraction of sp³-hybridized carbons (Fsp3) is 0.667. The number of ether oxygens (including phenoxy) is 1. The molecule has 0 unspecified atom stereocenters. The van der Waals surface area contributed by atoms with Crippen LogP contribution in [0.1, 0.15) is 31.7 Å². The molecule has 5 nitrogen and oxygen atoms in total. The van der Waals surface area contributed by atoms with Crippen molar-refractivity contribution < 1.29 is 9.53 Å². The first kappa shape index (κ1) is 19.2. The predicted molar refractivity (Wildman–Crippen MR) is 105 cm³/mol. The first-order chi connectivity index (χ1) is 12.5. The Morgan fingerprint density at radius 1 is 1.12 bits per heavy atom. The van der Waals surface area contributed by atoms with Gasteiger partial charge < -0.3 is 9.64 Å². The second kappa shape index (κ2) is 8.40. The molecule has 0 radical (unpaired) electrons. The van der Waals surface area contributed by atoms with Gasteiger partial charge in [0.2, 0.25) is 5.91 Å². The van der Waals surface area contributed by atoms with E-state index in [2.05, 4.69) is 42.0 Å². The maximum Gasteiger partial charge on any atom is 0.222 e. The summed E-state index contributed by atoms with van der Waals surface area (Å²) >= 11 is 0. The van der Waals surface area contributed by atoms with Gasteiger partial charge in [0, 0.05) is 51.7 Å². The molecule has 144 valence electrons. The Kier molecular flexibility index (Phi) is 6.20. The van der Waals surface area contributed by atoms with Crippen molar-refractivity contribution in [2.45, 2.75) is 38.1 Å². The van der Waals surface area contributed by atoms with Gasteiger partial charge in [0.25, 0.3) is 0 Å². The van der Waals surface area contributed by atoms with Gasteiger partial charge in [0.1, 0.15) is 12.4 Å². The number of para-hydroxylation sites is 1. The standard InChI is InChI=1S/C21H33N3O2/c1-4-18-7-5-6-8-19(18)26-16-15-24-14-13-23(3)21(17-24)10-9-20(25)22(2)12-11-21/h5-8H,4,9-17H2,1-3H3/t21-/m1/s1. The molecule has 2 aliphatic heterocycles. The number of likely N-dealkylation sites (tertiary alicyclic amines) is 1. The van der Waals surface area contributed by atoms with Crippen LogP contribution in [0.25, 0.3) is 0 Å². The van der Waals surface area contributed by atoms with E-state index in [1.807, 2.05) is 18.0 Å². The van der Waals surface area contributed by atoms with Gasteiger partial charge in [-0.05, 0) is 37.9 Å². The lowest BCUT2D eigenvalue weighted by Gasteiger charge is -2.49. The molecule has 1 amide bonds. The molecule has 1 atom stereocenters. The zero-order valence-corrected chi connectivity index (χ0v) is 16.5. The van der Waals surface area contributed by atoms with Crippen molar-refractivity contribution in [2.75, 3.05) is 53.4 Å². The summed E-state index contributed by atoms with van der Waals surface area (Å²) in [6, 6.07) is 8.31. The molecular weight excluding hydrogens is 326 g/mol. The first-order valence-corrected chi connectivity index (χ1v) is 9.92. The third-order valence-corrected chi connectivity index (χ3v) is 6.24. The van der Waals surface area contributed by atoms with Crippen LogP contribution >= 0.6 is 0 Å². The highest BCUT2D eigenvalue weighted by Crippen LogP contribution is 2.31. The Bertz CT molecular complexity index is 621. The molecule has 5 heteroatoms. The number of hydrogen-bond acceptors (Lipinski definition) is 4. The van der Waals surface area contributed by atoms with Gasteiger partial charge in [-0.25, -0.2) is 0 Å². The molecule has 1 spiro atoms. The molecule has 2 heterocycles. The van der Waals surface area contributed by atoms with Gasteiger partial charge in [-0.3, -0.25) is 14.6 Å². The van der Waals surface area contributed by atoms with Crippen LogP contribution in [-0.2, 0) is 11.2 Å². The Labute approximate surface area is 157 Å².